The molecule has 0 aromatic heterocycles. The number of ether oxygens (including phenoxy) is 2. The van der Waals surface area contributed by atoms with Crippen molar-refractivity contribution in [2.75, 3.05) is 13.7 Å². The van der Waals surface area contributed by atoms with Gasteiger partial charge >= 0.3 is 0 Å². The van der Waals surface area contributed by atoms with Gasteiger partial charge in [-0.05, 0) is 11.6 Å². The fraction of sp³-hybridized carbons (Fsp3) is 0.438. The number of aliphatic hydroxyl groups is 3. The predicted octanol–water partition coefficient (Wildman–Crippen LogP) is -0.822. The smallest absolute Gasteiger partial charge is 0.270 e. The van der Waals surface area contributed by atoms with Crippen LogP contribution in [0.5, 0.6) is 0 Å². The fourth-order valence-corrected chi connectivity index (χ4v) is 2.45. The fourth-order valence-electron chi connectivity index (χ4n) is 2.45. The van der Waals surface area contributed by atoms with E-state index in [9.17, 15) is 30.2 Å². The third-order valence-corrected chi connectivity index (χ3v) is 3.89. The SMILES string of the molecule is CO[C@H]1O[C@H](CNC(=O)C=Cc2cccc([N+](=O)[O-])c2)[C@@H](O)[C@H](O)[C@@H]1O. The Bertz CT molecular complexity index is 678. The number of hydrogen-bond acceptors (Lipinski definition) is 8. The molecule has 2 rings (SSSR count). The third kappa shape index (κ3) is 4.84. The maximum absolute atomic E-state index is 11.9. The van der Waals surface area contributed by atoms with Gasteiger partial charge in [0.15, 0.2) is 6.29 Å². The average Bonchev–Trinajstić information content (AvgIpc) is 2.64. The molecule has 10 heteroatoms. The summed E-state index contributed by atoms with van der Waals surface area (Å²) in [7, 11) is 1.27. The molecule has 4 N–H and O–H groups in total. The highest BCUT2D eigenvalue weighted by atomic mass is 16.7. The van der Waals surface area contributed by atoms with Gasteiger partial charge in [0.05, 0.1) is 4.92 Å². The Labute approximate surface area is 148 Å². The van der Waals surface area contributed by atoms with Gasteiger partial charge in [0.25, 0.3) is 5.69 Å². The predicted molar refractivity (Wildman–Crippen MR) is 88.8 cm³/mol. The van der Waals surface area contributed by atoms with Crippen molar-refractivity contribution in [3.8, 4) is 0 Å². The van der Waals surface area contributed by atoms with Crippen molar-refractivity contribution in [1.82, 2.24) is 5.32 Å². The summed E-state index contributed by atoms with van der Waals surface area (Å²) >= 11 is 0. The van der Waals surface area contributed by atoms with Crippen LogP contribution in [-0.4, -0.2) is 70.5 Å². The van der Waals surface area contributed by atoms with E-state index in [1.807, 2.05) is 0 Å². The maximum Gasteiger partial charge on any atom is 0.270 e. The summed E-state index contributed by atoms with van der Waals surface area (Å²) in [5, 5.41) is 42.5. The monoisotopic (exact) mass is 368 g/mol. The van der Waals surface area contributed by atoms with E-state index < -0.39 is 41.5 Å². The molecule has 1 heterocycles. The molecule has 1 fully saturated rings. The molecule has 0 bridgehead atoms. The van der Waals surface area contributed by atoms with Crippen molar-refractivity contribution in [1.29, 1.82) is 0 Å². The lowest BCUT2D eigenvalue weighted by Crippen LogP contribution is -2.60. The highest BCUT2D eigenvalue weighted by Gasteiger charge is 2.43. The first-order valence-electron chi connectivity index (χ1n) is 7.76. The Kier molecular flexibility index (Phi) is 6.77. The van der Waals surface area contributed by atoms with Crippen molar-refractivity contribution >= 4 is 17.7 Å². The molecular formula is C16H20N2O8. The van der Waals surface area contributed by atoms with Gasteiger partial charge in [0.2, 0.25) is 5.91 Å². The van der Waals surface area contributed by atoms with Crippen molar-refractivity contribution in [3.05, 3.63) is 46.0 Å². The maximum atomic E-state index is 11.9. The standard InChI is InChI=1S/C16H20N2O8/c1-25-16-15(22)14(21)13(20)11(26-16)8-17-12(19)6-5-9-3-2-4-10(7-9)18(23)24/h2-7,11,13-16,20-22H,8H2,1H3,(H,17,19)/t11-,13-,14+,15+,16+/m1/s1. The molecule has 0 unspecified atom stereocenters. The Morgan fingerprint density at radius 1 is 1.35 bits per heavy atom. The van der Waals surface area contributed by atoms with Crippen LogP contribution in [-0.2, 0) is 14.3 Å². The van der Waals surface area contributed by atoms with E-state index in [2.05, 4.69) is 5.32 Å². The van der Waals surface area contributed by atoms with Gasteiger partial charge < -0.3 is 30.1 Å². The summed E-state index contributed by atoms with van der Waals surface area (Å²) in [5.41, 5.74) is 0.380. The molecule has 1 aliphatic heterocycles. The molecule has 0 spiro atoms. The van der Waals surface area contributed by atoms with E-state index in [1.54, 1.807) is 6.07 Å². The Balaban J connectivity index is 1.92. The number of nitrogens with one attached hydrogen (secondary N) is 1. The molecule has 0 radical (unpaired) electrons. The average molecular weight is 368 g/mol. The highest BCUT2D eigenvalue weighted by molar-refractivity contribution is 5.91. The van der Waals surface area contributed by atoms with Crippen LogP contribution < -0.4 is 5.32 Å². The van der Waals surface area contributed by atoms with Crippen molar-refractivity contribution in [2.24, 2.45) is 0 Å². The molecule has 142 valence electrons. The summed E-state index contributed by atoms with van der Waals surface area (Å²) in [6.45, 7) is -0.136. The third-order valence-electron chi connectivity index (χ3n) is 3.89. The molecule has 1 aromatic rings. The van der Waals surface area contributed by atoms with Crippen molar-refractivity contribution in [3.63, 3.8) is 0 Å². The number of nitro groups is 1. The number of hydrogen-bond donors (Lipinski definition) is 4. The first-order valence-corrected chi connectivity index (χ1v) is 7.76. The molecule has 1 aromatic carbocycles. The lowest BCUT2D eigenvalue weighted by Gasteiger charge is -2.39. The molecule has 0 saturated carbocycles. The second-order valence-corrected chi connectivity index (χ2v) is 5.68. The normalized spacial score (nSPS) is 28.8. The quantitative estimate of drug-likeness (QED) is 0.289. The first-order chi connectivity index (χ1) is 12.3. The van der Waals surface area contributed by atoms with Gasteiger partial charge in [-0.15, -0.1) is 0 Å². The molecular weight excluding hydrogens is 348 g/mol. The minimum Gasteiger partial charge on any atom is -0.388 e. The van der Waals surface area contributed by atoms with E-state index in [0.717, 1.165) is 0 Å². The van der Waals surface area contributed by atoms with Gasteiger partial charge in [-0.25, -0.2) is 0 Å². The zero-order chi connectivity index (χ0) is 19.3. The zero-order valence-corrected chi connectivity index (χ0v) is 13.9. The number of non-ortho nitro benzene ring substituents is 1. The lowest BCUT2D eigenvalue weighted by molar-refractivity contribution is -0.384. The van der Waals surface area contributed by atoms with Crippen LogP contribution in [0.4, 0.5) is 5.69 Å². The second-order valence-electron chi connectivity index (χ2n) is 5.68. The Morgan fingerprint density at radius 3 is 2.73 bits per heavy atom. The van der Waals surface area contributed by atoms with E-state index in [-0.39, 0.29) is 12.2 Å². The Hall–Kier alpha value is -2.37. The van der Waals surface area contributed by atoms with Gasteiger partial charge in [0, 0.05) is 31.9 Å². The van der Waals surface area contributed by atoms with Crippen LogP contribution in [0.1, 0.15) is 5.56 Å². The second kappa shape index (κ2) is 8.83. The minimum absolute atomic E-state index is 0.0931. The highest BCUT2D eigenvalue weighted by Crippen LogP contribution is 2.21. The van der Waals surface area contributed by atoms with Crippen LogP contribution in [0, 0.1) is 10.1 Å². The summed E-state index contributed by atoms with van der Waals surface area (Å²) in [6, 6.07) is 5.76. The topological polar surface area (TPSA) is 151 Å². The number of nitrogens with zero attached hydrogens (tertiary/aromatic N) is 1. The number of rotatable bonds is 6. The van der Waals surface area contributed by atoms with E-state index in [1.165, 1.54) is 37.5 Å². The number of methoxy groups -OCH3 is 1. The van der Waals surface area contributed by atoms with Crippen molar-refractivity contribution < 1.29 is 34.5 Å². The molecule has 5 atom stereocenters. The Morgan fingerprint density at radius 2 is 2.08 bits per heavy atom. The van der Waals surface area contributed by atoms with E-state index in [0.29, 0.717) is 5.56 Å². The molecule has 1 saturated heterocycles. The van der Waals surface area contributed by atoms with Crippen LogP contribution in [0.3, 0.4) is 0 Å². The van der Waals surface area contributed by atoms with Crippen molar-refractivity contribution in [2.45, 2.75) is 30.7 Å². The number of carbonyl (C=O) groups excluding carboxylic acids is 1. The number of carbonyl (C=O) groups is 1. The number of amides is 1. The molecule has 1 aliphatic rings. The summed E-state index contributed by atoms with van der Waals surface area (Å²) < 4.78 is 10.2. The largest absolute Gasteiger partial charge is 0.388 e. The summed E-state index contributed by atoms with van der Waals surface area (Å²) in [5.74, 6) is -0.526. The first kappa shape index (κ1) is 19.9. The molecule has 1 amide bonds. The molecule has 10 nitrogen and oxygen atoms in total. The minimum atomic E-state index is -1.48. The number of nitro benzene ring substituents is 1. The van der Waals surface area contributed by atoms with Gasteiger partial charge in [-0.2, -0.15) is 0 Å². The lowest BCUT2D eigenvalue weighted by atomic mass is 9.99. The van der Waals surface area contributed by atoms with Crippen LogP contribution in [0.15, 0.2) is 30.3 Å². The van der Waals surface area contributed by atoms with Crippen LogP contribution in [0.2, 0.25) is 0 Å². The number of aliphatic hydroxyl groups excluding tert-OH is 3. The van der Waals surface area contributed by atoms with Gasteiger partial charge in [-0.3, -0.25) is 14.9 Å². The zero-order valence-electron chi connectivity index (χ0n) is 13.9. The number of benzene rings is 1. The van der Waals surface area contributed by atoms with Crippen LogP contribution >= 0.6 is 0 Å². The van der Waals surface area contributed by atoms with Gasteiger partial charge in [-0.1, -0.05) is 12.1 Å². The van der Waals surface area contributed by atoms with Gasteiger partial charge in [0.1, 0.15) is 24.4 Å². The molecule has 26 heavy (non-hydrogen) atoms. The van der Waals surface area contributed by atoms with E-state index in [4.69, 9.17) is 9.47 Å². The van der Waals surface area contributed by atoms with E-state index >= 15 is 0 Å². The molecule has 0 aliphatic carbocycles. The van der Waals surface area contributed by atoms with Crippen LogP contribution in [0.25, 0.3) is 6.08 Å². The summed E-state index contributed by atoms with van der Waals surface area (Å²) in [4.78, 5) is 22.0. The summed E-state index contributed by atoms with van der Waals surface area (Å²) in [6.07, 6.45) is -3.82.